The molecule has 0 spiro atoms. The lowest BCUT2D eigenvalue weighted by atomic mass is 10.1. The van der Waals surface area contributed by atoms with Gasteiger partial charge in [-0.2, -0.15) is 0 Å². The topological polar surface area (TPSA) is 133 Å². The van der Waals surface area contributed by atoms with E-state index in [9.17, 15) is 14.4 Å². The third kappa shape index (κ3) is 6.05. The van der Waals surface area contributed by atoms with Crippen molar-refractivity contribution >= 4 is 34.7 Å². The first-order valence-electron chi connectivity index (χ1n) is 9.62. The van der Waals surface area contributed by atoms with Gasteiger partial charge in [0.2, 0.25) is 5.91 Å². The summed E-state index contributed by atoms with van der Waals surface area (Å²) in [5.41, 5.74) is 8.52. The molecular weight excluding hydrogens is 432 g/mol. The Bertz CT molecular complexity index is 1100. The Morgan fingerprint density at radius 1 is 1.09 bits per heavy atom. The van der Waals surface area contributed by atoms with Crippen molar-refractivity contribution in [1.82, 2.24) is 10.3 Å². The van der Waals surface area contributed by atoms with Crippen LogP contribution in [0.25, 0.3) is 0 Å². The lowest BCUT2D eigenvalue weighted by molar-refractivity contribution is -0.117. The third-order valence-electron chi connectivity index (χ3n) is 4.36. The highest BCUT2D eigenvalue weighted by Gasteiger charge is 2.16. The van der Waals surface area contributed by atoms with Crippen LogP contribution in [-0.4, -0.2) is 36.4 Å². The van der Waals surface area contributed by atoms with E-state index in [1.165, 1.54) is 18.4 Å². The van der Waals surface area contributed by atoms with Crippen LogP contribution in [0.2, 0.25) is 0 Å². The summed E-state index contributed by atoms with van der Waals surface area (Å²) in [6.45, 7) is 0.389. The van der Waals surface area contributed by atoms with Crippen molar-refractivity contribution < 1.29 is 23.9 Å². The normalized spacial score (nSPS) is 10.3. The fraction of sp³-hybridized carbons (Fsp3) is 0.182. The predicted octanol–water partition coefficient (Wildman–Crippen LogP) is 2.59. The molecule has 1 aromatic heterocycles. The number of para-hydroxylation sites is 1. The van der Waals surface area contributed by atoms with Gasteiger partial charge in [0.05, 0.1) is 29.6 Å². The molecule has 0 aliphatic carbocycles. The molecule has 32 heavy (non-hydrogen) atoms. The zero-order chi connectivity index (χ0) is 22.9. The van der Waals surface area contributed by atoms with Gasteiger partial charge in [0.25, 0.3) is 11.8 Å². The minimum absolute atomic E-state index is 0.0248. The number of rotatable bonds is 10. The Hall–Kier alpha value is -3.92. The van der Waals surface area contributed by atoms with Crippen molar-refractivity contribution in [3.63, 3.8) is 0 Å². The first-order valence-corrected chi connectivity index (χ1v) is 10.6. The zero-order valence-electron chi connectivity index (χ0n) is 17.3. The summed E-state index contributed by atoms with van der Waals surface area (Å²) < 4.78 is 11.1. The van der Waals surface area contributed by atoms with Crippen molar-refractivity contribution in [3.05, 3.63) is 70.2 Å². The lowest BCUT2D eigenvalue weighted by Gasteiger charge is -2.13. The number of carbonyl (C=O) groups excluding carboxylic acids is 3. The fourth-order valence-corrected chi connectivity index (χ4v) is 3.31. The van der Waals surface area contributed by atoms with E-state index >= 15 is 0 Å². The molecule has 3 aromatic rings. The molecule has 0 atom stereocenters. The number of nitrogens with zero attached hydrogens (tertiary/aromatic N) is 1. The van der Waals surface area contributed by atoms with Crippen LogP contribution in [-0.2, 0) is 11.4 Å². The summed E-state index contributed by atoms with van der Waals surface area (Å²) in [6, 6.07) is 11.4. The van der Waals surface area contributed by atoms with Crippen LogP contribution in [0.4, 0.5) is 5.69 Å². The van der Waals surface area contributed by atoms with Crippen LogP contribution in [0.1, 0.15) is 32.8 Å². The number of amides is 3. The number of nitrogens with one attached hydrogen (secondary N) is 2. The van der Waals surface area contributed by atoms with E-state index in [1.807, 2.05) is 5.38 Å². The lowest BCUT2D eigenvalue weighted by Crippen LogP contribution is -2.28. The van der Waals surface area contributed by atoms with Gasteiger partial charge in [-0.3, -0.25) is 14.4 Å². The number of hydrogen-bond donors (Lipinski definition) is 3. The van der Waals surface area contributed by atoms with E-state index in [0.717, 1.165) is 5.69 Å². The van der Waals surface area contributed by atoms with E-state index in [0.29, 0.717) is 22.7 Å². The Balaban J connectivity index is 1.70. The fourth-order valence-electron chi connectivity index (χ4n) is 2.77. The maximum Gasteiger partial charge on any atom is 0.255 e. The average Bonchev–Trinajstić information content (AvgIpc) is 3.31. The van der Waals surface area contributed by atoms with Crippen molar-refractivity contribution in [3.8, 4) is 11.5 Å². The molecule has 0 aliphatic rings. The van der Waals surface area contributed by atoms with Gasteiger partial charge < -0.3 is 25.8 Å². The third-order valence-corrected chi connectivity index (χ3v) is 5.00. The number of hydrogen-bond acceptors (Lipinski definition) is 7. The molecule has 0 fully saturated rings. The molecule has 9 nitrogen and oxygen atoms in total. The van der Waals surface area contributed by atoms with Crippen LogP contribution in [0.5, 0.6) is 11.5 Å². The van der Waals surface area contributed by atoms with Crippen LogP contribution in [0.15, 0.2) is 53.4 Å². The number of ether oxygens (including phenoxy) is 2. The maximum atomic E-state index is 12.8. The van der Waals surface area contributed by atoms with Crippen molar-refractivity contribution in [2.24, 2.45) is 5.73 Å². The van der Waals surface area contributed by atoms with Crippen LogP contribution < -0.4 is 25.8 Å². The summed E-state index contributed by atoms with van der Waals surface area (Å²) >= 11 is 1.48. The summed E-state index contributed by atoms with van der Waals surface area (Å²) in [4.78, 5) is 40.2. The number of methoxy groups -OCH3 is 1. The van der Waals surface area contributed by atoms with Gasteiger partial charge in [0.1, 0.15) is 6.61 Å². The maximum absolute atomic E-state index is 12.8. The Kier molecular flexibility index (Phi) is 7.76. The van der Waals surface area contributed by atoms with E-state index < -0.39 is 17.7 Å². The Labute approximate surface area is 188 Å². The molecule has 0 unspecified atom stereocenters. The molecule has 4 N–H and O–H groups in total. The minimum atomic E-state index is -0.514. The second-order valence-electron chi connectivity index (χ2n) is 6.61. The molecule has 1 heterocycles. The second-order valence-corrected chi connectivity index (χ2v) is 7.32. The van der Waals surface area contributed by atoms with Gasteiger partial charge in [0.15, 0.2) is 11.5 Å². The number of primary amides is 1. The number of aromatic nitrogens is 1. The standard InChI is InChI=1S/C22H22N4O5S/c1-30-19-10-14(6-7-18(19)31-11-15-12-32-13-25-15)21(28)26-17-5-3-2-4-16(17)22(29)24-9-8-20(23)27/h2-7,10,12-13H,8-9,11H2,1H3,(H2,23,27)(H,24,29)(H,26,28). The number of nitrogens with two attached hydrogens (primary N) is 1. The molecule has 166 valence electrons. The van der Waals surface area contributed by atoms with Gasteiger partial charge in [-0.15, -0.1) is 11.3 Å². The average molecular weight is 455 g/mol. The van der Waals surface area contributed by atoms with Gasteiger partial charge >= 0.3 is 0 Å². The SMILES string of the molecule is COc1cc(C(=O)Nc2ccccc2C(=O)NCCC(N)=O)ccc1OCc1cscn1. The number of anilines is 1. The molecule has 3 amide bonds. The first kappa shape index (κ1) is 22.8. The van der Waals surface area contributed by atoms with E-state index in [4.69, 9.17) is 15.2 Å². The second kappa shape index (κ2) is 10.9. The summed E-state index contributed by atoms with van der Waals surface area (Å²) in [5, 5.41) is 7.22. The summed E-state index contributed by atoms with van der Waals surface area (Å²) in [6.07, 6.45) is 0.0248. The van der Waals surface area contributed by atoms with Crippen LogP contribution in [0, 0.1) is 0 Å². The summed E-state index contributed by atoms with van der Waals surface area (Å²) in [5.74, 6) is -0.492. The van der Waals surface area contributed by atoms with Gasteiger partial charge in [-0.05, 0) is 30.3 Å². The minimum Gasteiger partial charge on any atom is -0.493 e. The first-order chi connectivity index (χ1) is 15.5. The molecule has 10 heteroatoms. The molecule has 0 saturated heterocycles. The molecular formula is C22H22N4O5S. The van der Waals surface area contributed by atoms with Crippen LogP contribution >= 0.6 is 11.3 Å². The Morgan fingerprint density at radius 3 is 2.62 bits per heavy atom. The van der Waals surface area contributed by atoms with Crippen molar-refractivity contribution in [2.75, 3.05) is 19.0 Å². The predicted molar refractivity (Wildman–Crippen MR) is 120 cm³/mol. The molecule has 0 aliphatic heterocycles. The van der Waals surface area contributed by atoms with Gasteiger partial charge in [-0.1, -0.05) is 12.1 Å². The molecule has 0 radical (unpaired) electrons. The number of benzene rings is 2. The highest BCUT2D eigenvalue weighted by Crippen LogP contribution is 2.29. The van der Waals surface area contributed by atoms with Crippen molar-refractivity contribution in [2.45, 2.75) is 13.0 Å². The zero-order valence-corrected chi connectivity index (χ0v) is 18.1. The van der Waals surface area contributed by atoms with E-state index in [-0.39, 0.29) is 25.1 Å². The number of thiazole rings is 1. The molecule has 0 saturated carbocycles. The molecule has 2 aromatic carbocycles. The smallest absolute Gasteiger partial charge is 0.255 e. The monoisotopic (exact) mass is 454 g/mol. The van der Waals surface area contributed by atoms with Gasteiger partial charge in [0, 0.05) is 23.9 Å². The van der Waals surface area contributed by atoms with Gasteiger partial charge in [-0.25, -0.2) is 4.98 Å². The highest BCUT2D eigenvalue weighted by atomic mass is 32.1. The number of carbonyl (C=O) groups is 3. The Morgan fingerprint density at radius 2 is 1.91 bits per heavy atom. The van der Waals surface area contributed by atoms with Crippen LogP contribution in [0.3, 0.4) is 0 Å². The largest absolute Gasteiger partial charge is 0.493 e. The van der Waals surface area contributed by atoms with E-state index in [1.54, 1.807) is 48.0 Å². The highest BCUT2D eigenvalue weighted by molar-refractivity contribution is 7.07. The van der Waals surface area contributed by atoms with E-state index in [2.05, 4.69) is 15.6 Å². The quantitative estimate of drug-likeness (QED) is 0.431. The molecule has 3 rings (SSSR count). The molecule has 0 bridgehead atoms. The summed E-state index contributed by atoms with van der Waals surface area (Å²) in [7, 11) is 1.48. The van der Waals surface area contributed by atoms with Crippen molar-refractivity contribution in [1.29, 1.82) is 0 Å².